The predicted molar refractivity (Wildman–Crippen MR) is 136 cm³/mol. The van der Waals surface area contributed by atoms with Crippen LogP contribution in [0.2, 0.25) is 0 Å². The molecule has 210 valence electrons. The van der Waals surface area contributed by atoms with Crippen molar-refractivity contribution in [1.29, 1.82) is 0 Å². The van der Waals surface area contributed by atoms with E-state index in [1.54, 1.807) is 24.3 Å². The Labute approximate surface area is 223 Å². The predicted octanol–water partition coefficient (Wildman–Crippen LogP) is -2.80. The number of carbonyl (C=O) groups is 6. The number of carboxylic acid groups (broad SMARTS) is 1. The Balaban J connectivity index is 2.19. The highest BCUT2D eigenvalue weighted by molar-refractivity contribution is 5.95. The van der Waals surface area contributed by atoms with Gasteiger partial charge in [0.2, 0.25) is 29.5 Å². The summed E-state index contributed by atoms with van der Waals surface area (Å²) in [5, 5.41) is 16.4. The summed E-state index contributed by atoms with van der Waals surface area (Å²) in [4.78, 5) is 79.6. The van der Waals surface area contributed by atoms with E-state index in [0.717, 1.165) is 5.56 Å². The quantitative estimate of drug-likeness (QED) is 0.108. The van der Waals surface area contributed by atoms with Crippen LogP contribution in [0.1, 0.15) is 30.5 Å². The van der Waals surface area contributed by atoms with Crippen LogP contribution in [0.5, 0.6) is 0 Å². The minimum Gasteiger partial charge on any atom is -0.480 e. The monoisotopic (exact) mass is 544 g/mol. The molecule has 0 radical (unpaired) electrons. The fraction of sp³-hybridized carbons (Fsp3) is 0.375. The molecule has 15 heteroatoms. The van der Waals surface area contributed by atoms with Crippen molar-refractivity contribution in [3.05, 3.63) is 54.1 Å². The molecule has 5 amide bonds. The second-order valence-corrected chi connectivity index (χ2v) is 8.77. The summed E-state index contributed by atoms with van der Waals surface area (Å²) < 4.78 is 0. The van der Waals surface area contributed by atoms with Gasteiger partial charge in [0.25, 0.3) is 0 Å². The van der Waals surface area contributed by atoms with Crippen molar-refractivity contribution in [3.8, 4) is 0 Å². The lowest BCUT2D eigenvalue weighted by molar-refractivity contribution is -0.144. The molecule has 1 aromatic heterocycles. The van der Waals surface area contributed by atoms with Crippen LogP contribution in [0, 0.1) is 0 Å². The third kappa shape index (κ3) is 10.6. The molecule has 39 heavy (non-hydrogen) atoms. The number of H-pyrrole nitrogens is 1. The van der Waals surface area contributed by atoms with Gasteiger partial charge in [0.1, 0.15) is 18.1 Å². The molecule has 1 heterocycles. The summed E-state index contributed by atoms with van der Waals surface area (Å²) in [5.74, 6) is -5.73. The second-order valence-electron chi connectivity index (χ2n) is 8.77. The first-order valence-electron chi connectivity index (χ1n) is 11.9. The van der Waals surface area contributed by atoms with E-state index in [9.17, 15) is 33.9 Å². The van der Waals surface area contributed by atoms with E-state index in [0.29, 0.717) is 5.69 Å². The van der Waals surface area contributed by atoms with Gasteiger partial charge in [0, 0.05) is 24.7 Å². The molecule has 4 unspecified atom stereocenters. The number of nitrogens with zero attached hydrogens (tertiary/aromatic N) is 1. The highest BCUT2D eigenvalue weighted by Gasteiger charge is 2.31. The number of carbonyl (C=O) groups excluding carboxylic acids is 5. The maximum absolute atomic E-state index is 13.3. The number of nitrogens with two attached hydrogens (primary N) is 3. The molecule has 0 aliphatic rings. The van der Waals surface area contributed by atoms with E-state index in [-0.39, 0.29) is 25.7 Å². The standard InChI is InChI=1S/C24H32N8O7/c25-15(8-13-4-2-1-3-5-13)21(35)31-17(9-14-11-28-12-29-14)23(37)30-16(6-7-19(26)33)22(36)32-18(24(38)39)10-20(27)34/h1-5,11-12,15-18H,6-10,25H2,(H2,26,33)(H2,27,34)(H,28,29)(H,30,37)(H,31,35)(H,32,36)(H,38,39). The van der Waals surface area contributed by atoms with Crippen LogP contribution >= 0.6 is 0 Å². The lowest BCUT2D eigenvalue weighted by Crippen LogP contribution is -2.58. The Morgan fingerprint density at radius 2 is 1.46 bits per heavy atom. The van der Waals surface area contributed by atoms with E-state index in [1.807, 2.05) is 6.07 Å². The Hall–Kier alpha value is -4.79. The molecule has 15 nitrogen and oxygen atoms in total. The number of imidazole rings is 1. The fourth-order valence-corrected chi connectivity index (χ4v) is 3.57. The van der Waals surface area contributed by atoms with Crippen molar-refractivity contribution in [2.45, 2.75) is 56.3 Å². The molecule has 11 N–H and O–H groups in total. The number of aromatic nitrogens is 2. The van der Waals surface area contributed by atoms with Gasteiger partial charge in [-0.15, -0.1) is 0 Å². The number of hydrogen-bond donors (Lipinski definition) is 8. The van der Waals surface area contributed by atoms with Crippen molar-refractivity contribution in [2.24, 2.45) is 17.2 Å². The van der Waals surface area contributed by atoms with Crippen LogP contribution in [0.25, 0.3) is 0 Å². The molecule has 0 fully saturated rings. The maximum atomic E-state index is 13.3. The molecule has 0 aliphatic heterocycles. The molecular weight excluding hydrogens is 512 g/mol. The Bertz CT molecular complexity index is 1160. The third-order valence-corrected chi connectivity index (χ3v) is 5.58. The highest BCUT2D eigenvalue weighted by atomic mass is 16.4. The molecule has 2 aromatic rings. The third-order valence-electron chi connectivity index (χ3n) is 5.58. The van der Waals surface area contributed by atoms with Gasteiger partial charge in [-0.1, -0.05) is 30.3 Å². The Morgan fingerprint density at radius 1 is 0.846 bits per heavy atom. The molecule has 1 aromatic carbocycles. The molecule has 0 saturated heterocycles. The van der Waals surface area contributed by atoms with Crippen LogP contribution in [-0.4, -0.2) is 74.7 Å². The van der Waals surface area contributed by atoms with Gasteiger partial charge in [-0.25, -0.2) is 9.78 Å². The number of primary amides is 2. The van der Waals surface area contributed by atoms with Crippen molar-refractivity contribution >= 4 is 35.5 Å². The number of hydrogen-bond acceptors (Lipinski definition) is 8. The van der Waals surface area contributed by atoms with Crippen molar-refractivity contribution in [1.82, 2.24) is 25.9 Å². The van der Waals surface area contributed by atoms with Crippen LogP contribution in [-0.2, 0) is 41.6 Å². The maximum Gasteiger partial charge on any atom is 0.326 e. The molecule has 2 rings (SSSR count). The second kappa shape index (κ2) is 14.8. The van der Waals surface area contributed by atoms with Gasteiger partial charge in [-0.2, -0.15) is 0 Å². The number of benzene rings is 1. The Kier molecular flexibility index (Phi) is 11.6. The number of rotatable bonds is 16. The van der Waals surface area contributed by atoms with Gasteiger partial charge in [0.15, 0.2) is 0 Å². The van der Waals surface area contributed by atoms with E-state index in [1.165, 1.54) is 12.5 Å². The summed E-state index contributed by atoms with van der Waals surface area (Å²) >= 11 is 0. The van der Waals surface area contributed by atoms with Crippen LogP contribution < -0.4 is 33.2 Å². The SMILES string of the molecule is NC(=O)CCC(NC(=O)C(Cc1cnc[nH]1)NC(=O)C(N)Cc1ccccc1)C(=O)NC(CC(N)=O)C(=O)O. The van der Waals surface area contributed by atoms with E-state index in [4.69, 9.17) is 17.2 Å². The normalized spacial score (nSPS) is 13.8. The number of amides is 5. The number of nitrogens with one attached hydrogen (secondary N) is 4. The summed E-state index contributed by atoms with van der Waals surface area (Å²) in [7, 11) is 0. The van der Waals surface area contributed by atoms with Crippen molar-refractivity contribution in [3.63, 3.8) is 0 Å². The molecule has 0 spiro atoms. The van der Waals surface area contributed by atoms with E-state index in [2.05, 4.69) is 25.9 Å². The largest absolute Gasteiger partial charge is 0.480 e. The average molecular weight is 545 g/mol. The summed E-state index contributed by atoms with van der Waals surface area (Å²) in [6.07, 6.45) is 1.65. The van der Waals surface area contributed by atoms with Crippen molar-refractivity contribution < 1.29 is 33.9 Å². The minimum absolute atomic E-state index is 0.0563. The first-order chi connectivity index (χ1) is 18.5. The highest BCUT2D eigenvalue weighted by Crippen LogP contribution is 2.06. The Morgan fingerprint density at radius 3 is 2.03 bits per heavy atom. The molecule has 0 saturated carbocycles. The molecule has 4 atom stereocenters. The van der Waals surface area contributed by atoms with Gasteiger partial charge in [-0.3, -0.25) is 24.0 Å². The van der Waals surface area contributed by atoms with E-state index < -0.39 is 66.1 Å². The number of aromatic amines is 1. The molecule has 0 bridgehead atoms. The smallest absolute Gasteiger partial charge is 0.326 e. The zero-order valence-electron chi connectivity index (χ0n) is 21.0. The molecule has 0 aliphatic carbocycles. The lowest BCUT2D eigenvalue weighted by Gasteiger charge is -2.25. The minimum atomic E-state index is -1.67. The first kappa shape index (κ1) is 30.4. The van der Waals surface area contributed by atoms with Gasteiger partial charge in [0.05, 0.1) is 18.8 Å². The number of carboxylic acids is 1. The summed E-state index contributed by atoms with van der Waals surface area (Å²) in [6, 6.07) is 3.68. The van der Waals surface area contributed by atoms with Crippen LogP contribution in [0.3, 0.4) is 0 Å². The average Bonchev–Trinajstić information content (AvgIpc) is 3.38. The summed E-state index contributed by atoms with van der Waals surface area (Å²) in [6.45, 7) is 0. The number of aliphatic carboxylic acids is 1. The van der Waals surface area contributed by atoms with Gasteiger partial charge < -0.3 is 43.2 Å². The van der Waals surface area contributed by atoms with Gasteiger partial charge in [-0.05, 0) is 18.4 Å². The van der Waals surface area contributed by atoms with Gasteiger partial charge >= 0.3 is 5.97 Å². The molecular formula is C24H32N8O7. The first-order valence-corrected chi connectivity index (χ1v) is 11.9. The zero-order chi connectivity index (χ0) is 28.9. The summed E-state index contributed by atoms with van der Waals surface area (Å²) in [5.41, 5.74) is 17.6. The van der Waals surface area contributed by atoms with E-state index >= 15 is 0 Å². The lowest BCUT2D eigenvalue weighted by atomic mass is 10.0. The van der Waals surface area contributed by atoms with Crippen LogP contribution in [0.15, 0.2) is 42.9 Å². The zero-order valence-corrected chi connectivity index (χ0v) is 21.0. The van der Waals surface area contributed by atoms with Crippen molar-refractivity contribution in [2.75, 3.05) is 0 Å². The fourth-order valence-electron chi connectivity index (χ4n) is 3.57. The topological polar surface area (TPSA) is 265 Å². The van der Waals surface area contributed by atoms with Crippen LogP contribution in [0.4, 0.5) is 0 Å².